The van der Waals surface area contributed by atoms with E-state index < -0.39 is 24.1 Å². The molecule has 0 radical (unpaired) electrons. The molecule has 0 aliphatic carbocycles. The van der Waals surface area contributed by atoms with Gasteiger partial charge in [0.05, 0.1) is 24.8 Å². The zero-order valence-electron chi connectivity index (χ0n) is 19.4. The van der Waals surface area contributed by atoms with Gasteiger partial charge in [-0.1, -0.05) is 42.5 Å². The number of aromatic nitrogens is 2. The Morgan fingerprint density at radius 2 is 1.83 bits per heavy atom. The highest BCUT2D eigenvalue weighted by Crippen LogP contribution is 2.34. The van der Waals surface area contributed by atoms with Crippen molar-refractivity contribution >= 4 is 32.7 Å². The first kappa shape index (κ1) is 25.7. The number of hydrogen-bond acceptors (Lipinski definition) is 6. The van der Waals surface area contributed by atoms with Crippen molar-refractivity contribution in [2.24, 2.45) is 0 Å². The molecule has 0 bridgehead atoms. The standard InChI is InChI=1S/C27H24BrFN2O5/c1-16(33)22-26(36-15-18-5-3-2-4-6-18)24-25(31(27(22)35)13-21(34)14-32)23(28)19(12-30-24)11-17-7-9-20(29)10-8-17/h2-10,12,21,32,34H,11,13-15H2,1H3/t21-/m1/s1. The number of hydrogen-bond donors (Lipinski definition) is 2. The molecule has 2 aromatic carbocycles. The Labute approximate surface area is 214 Å². The summed E-state index contributed by atoms with van der Waals surface area (Å²) >= 11 is 3.58. The SMILES string of the molecule is CC(=O)c1c(OCc2ccccc2)c2ncc(Cc3ccc(F)cc3)c(Br)c2n(C[C@@H](O)CO)c1=O. The average Bonchev–Trinajstić information content (AvgIpc) is 2.87. The summed E-state index contributed by atoms with van der Waals surface area (Å²) in [6.45, 7) is 0.541. The van der Waals surface area contributed by atoms with Crippen LogP contribution in [0, 0.1) is 5.82 Å². The molecular formula is C27H24BrFN2O5. The summed E-state index contributed by atoms with van der Waals surface area (Å²) in [5, 5.41) is 19.6. The van der Waals surface area contributed by atoms with E-state index in [9.17, 15) is 24.2 Å². The van der Waals surface area contributed by atoms with Crippen LogP contribution < -0.4 is 10.3 Å². The number of carbonyl (C=O) groups excluding carboxylic acids is 1. The highest BCUT2D eigenvalue weighted by Gasteiger charge is 2.26. The molecule has 36 heavy (non-hydrogen) atoms. The second kappa shape index (κ2) is 11.1. The highest BCUT2D eigenvalue weighted by molar-refractivity contribution is 9.10. The number of halogens is 2. The van der Waals surface area contributed by atoms with Crippen molar-refractivity contribution in [2.75, 3.05) is 6.61 Å². The molecule has 2 N–H and O–H groups in total. The van der Waals surface area contributed by atoms with Crippen molar-refractivity contribution in [1.82, 2.24) is 9.55 Å². The van der Waals surface area contributed by atoms with Crippen molar-refractivity contribution in [2.45, 2.75) is 32.6 Å². The predicted octanol–water partition coefficient (Wildman–Crippen LogP) is 4.02. The van der Waals surface area contributed by atoms with Crippen molar-refractivity contribution in [3.8, 4) is 5.75 Å². The Hall–Kier alpha value is -3.40. The minimum absolute atomic E-state index is 0.0510. The molecule has 0 amide bonds. The lowest BCUT2D eigenvalue weighted by atomic mass is 10.0. The molecule has 4 aromatic rings. The van der Waals surface area contributed by atoms with Crippen molar-refractivity contribution in [3.05, 3.63) is 104 Å². The quantitative estimate of drug-likeness (QED) is 0.303. The van der Waals surface area contributed by atoms with E-state index in [1.165, 1.54) is 23.6 Å². The second-order valence-corrected chi connectivity index (χ2v) is 9.18. The van der Waals surface area contributed by atoms with Gasteiger partial charge in [0.2, 0.25) is 0 Å². The van der Waals surface area contributed by atoms with Crippen LogP contribution in [0.15, 0.2) is 70.1 Å². The van der Waals surface area contributed by atoms with Crippen LogP contribution in [-0.4, -0.2) is 38.3 Å². The van der Waals surface area contributed by atoms with E-state index >= 15 is 0 Å². The van der Waals surface area contributed by atoms with Crippen LogP contribution in [0.1, 0.15) is 34.0 Å². The summed E-state index contributed by atoms with van der Waals surface area (Å²) in [6.07, 6.45) is 0.746. The summed E-state index contributed by atoms with van der Waals surface area (Å²) in [5.74, 6) is -0.807. The van der Waals surface area contributed by atoms with Crippen LogP contribution in [0.3, 0.4) is 0 Å². The number of fused-ring (bicyclic) bond motifs is 1. The maximum Gasteiger partial charge on any atom is 0.265 e. The summed E-state index contributed by atoms with van der Waals surface area (Å²) in [7, 11) is 0. The van der Waals surface area contributed by atoms with Crippen molar-refractivity contribution < 1.29 is 24.1 Å². The number of rotatable bonds is 9. The molecule has 2 heterocycles. The lowest BCUT2D eigenvalue weighted by Crippen LogP contribution is -2.33. The fraction of sp³-hybridized carbons (Fsp3) is 0.222. The fourth-order valence-electron chi connectivity index (χ4n) is 3.95. The lowest BCUT2D eigenvalue weighted by molar-refractivity contribution is 0.0811. The number of aliphatic hydroxyl groups is 2. The van der Waals surface area contributed by atoms with Crippen LogP contribution in [-0.2, 0) is 19.6 Å². The molecule has 0 spiro atoms. The van der Waals surface area contributed by atoms with Gasteiger partial charge in [0.1, 0.15) is 23.5 Å². The third kappa shape index (κ3) is 5.38. The molecule has 7 nitrogen and oxygen atoms in total. The van der Waals surface area contributed by atoms with E-state index in [1.807, 2.05) is 30.3 Å². The van der Waals surface area contributed by atoms with E-state index in [0.29, 0.717) is 22.0 Å². The zero-order valence-corrected chi connectivity index (χ0v) is 21.0. The van der Waals surface area contributed by atoms with Gasteiger partial charge < -0.3 is 19.5 Å². The molecule has 0 fully saturated rings. The first-order valence-electron chi connectivity index (χ1n) is 11.2. The maximum absolute atomic E-state index is 13.5. The molecule has 0 saturated heterocycles. The molecular weight excluding hydrogens is 531 g/mol. The van der Waals surface area contributed by atoms with Gasteiger partial charge in [0, 0.05) is 17.1 Å². The number of ketones is 1. The molecule has 186 valence electrons. The third-order valence-electron chi connectivity index (χ3n) is 5.72. The normalized spacial score (nSPS) is 12.0. The van der Waals surface area contributed by atoms with Crippen LogP contribution in [0.2, 0.25) is 0 Å². The second-order valence-electron chi connectivity index (χ2n) is 8.38. The summed E-state index contributed by atoms with van der Waals surface area (Å²) < 4.78 is 21.1. The van der Waals surface area contributed by atoms with Crippen molar-refractivity contribution in [1.29, 1.82) is 0 Å². The number of pyridine rings is 2. The lowest BCUT2D eigenvalue weighted by Gasteiger charge is -2.20. The molecule has 0 aliphatic rings. The van der Waals surface area contributed by atoms with E-state index in [1.54, 1.807) is 18.3 Å². The van der Waals surface area contributed by atoms with Gasteiger partial charge >= 0.3 is 0 Å². The maximum atomic E-state index is 13.5. The monoisotopic (exact) mass is 554 g/mol. The van der Waals surface area contributed by atoms with Crippen LogP contribution in [0.5, 0.6) is 5.75 Å². The highest BCUT2D eigenvalue weighted by atomic mass is 79.9. The Bertz CT molecular complexity index is 1460. The van der Waals surface area contributed by atoms with E-state index in [0.717, 1.165) is 11.1 Å². The number of nitrogens with zero attached hydrogens (tertiary/aromatic N) is 2. The Morgan fingerprint density at radius 1 is 1.14 bits per heavy atom. The van der Waals surface area contributed by atoms with Gasteiger partial charge in [0.25, 0.3) is 5.56 Å². The van der Waals surface area contributed by atoms with Crippen LogP contribution >= 0.6 is 15.9 Å². The van der Waals surface area contributed by atoms with E-state index in [-0.39, 0.29) is 35.8 Å². The minimum Gasteiger partial charge on any atom is -0.486 e. The molecule has 0 unspecified atom stereocenters. The van der Waals surface area contributed by atoms with Crippen LogP contribution in [0.4, 0.5) is 4.39 Å². The number of aliphatic hydroxyl groups excluding tert-OH is 2. The first-order valence-corrected chi connectivity index (χ1v) is 12.0. The largest absolute Gasteiger partial charge is 0.486 e. The molecule has 4 rings (SSSR count). The zero-order chi connectivity index (χ0) is 25.8. The van der Waals surface area contributed by atoms with Gasteiger partial charge in [-0.15, -0.1) is 0 Å². The molecule has 0 aliphatic heterocycles. The van der Waals surface area contributed by atoms with Crippen molar-refractivity contribution in [3.63, 3.8) is 0 Å². The number of carbonyl (C=O) groups is 1. The fourth-order valence-corrected chi connectivity index (χ4v) is 4.59. The average molecular weight is 555 g/mol. The molecule has 1 atom stereocenters. The van der Waals surface area contributed by atoms with Gasteiger partial charge in [-0.25, -0.2) is 4.39 Å². The van der Waals surface area contributed by atoms with Gasteiger partial charge in [0.15, 0.2) is 11.5 Å². The first-order chi connectivity index (χ1) is 17.3. The van der Waals surface area contributed by atoms with Crippen LogP contribution in [0.25, 0.3) is 11.0 Å². The molecule has 2 aromatic heterocycles. The Balaban J connectivity index is 1.92. The van der Waals surface area contributed by atoms with E-state index in [2.05, 4.69) is 20.9 Å². The molecule has 0 saturated carbocycles. The number of ether oxygens (including phenoxy) is 1. The Morgan fingerprint density at radius 3 is 2.47 bits per heavy atom. The predicted molar refractivity (Wildman–Crippen MR) is 137 cm³/mol. The molecule has 9 heteroatoms. The number of Topliss-reactive ketones (excluding diaryl/α,β-unsaturated/α-hetero) is 1. The summed E-state index contributed by atoms with van der Waals surface area (Å²) in [6, 6.07) is 15.3. The van der Waals surface area contributed by atoms with E-state index in [4.69, 9.17) is 4.74 Å². The minimum atomic E-state index is -1.24. The Kier molecular flexibility index (Phi) is 7.93. The summed E-state index contributed by atoms with van der Waals surface area (Å²) in [5.41, 5.74) is 2.10. The van der Waals surface area contributed by atoms with Gasteiger partial charge in [-0.05, 0) is 51.7 Å². The summed E-state index contributed by atoms with van der Waals surface area (Å²) in [4.78, 5) is 30.7. The smallest absolute Gasteiger partial charge is 0.265 e. The topological polar surface area (TPSA) is 102 Å². The van der Waals surface area contributed by atoms with Gasteiger partial charge in [-0.3, -0.25) is 14.6 Å². The third-order valence-corrected chi connectivity index (χ3v) is 6.61. The van der Waals surface area contributed by atoms with Gasteiger partial charge in [-0.2, -0.15) is 0 Å². The number of benzene rings is 2.